The Kier molecular flexibility index (Phi) is 6.03. The first-order valence-electron chi connectivity index (χ1n) is 7.05. The number of amides is 1. The molecule has 3 rings (SSSR count). The lowest BCUT2D eigenvalue weighted by atomic mass is 10.2. The molecule has 24 heavy (non-hydrogen) atoms. The van der Waals surface area contributed by atoms with E-state index < -0.39 is 11.9 Å². The highest BCUT2D eigenvalue weighted by Crippen LogP contribution is 2.21. The summed E-state index contributed by atoms with van der Waals surface area (Å²) in [5, 5.41) is 1.16. The number of carbonyl (C=O) groups excluding carboxylic acids is 2. The zero-order valence-corrected chi connectivity index (χ0v) is 14.5. The summed E-state index contributed by atoms with van der Waals surface area (Å²) in [4.78, 5) is 25.5. The first-order valence-corrected chi connectivity index (χ1v) is 7.84. The molecule has 0 saturated carbocycles. The van der Waals surface area contributed by atoms with Gasteiger partial charge in [0.2, 0.25) is 5.91 Å². The zero-order chi connectivity index (χ0) is 17.5. The van der Waals surface area contributed by atoms with Gasteiger partial charge in [-0.1, -0.05) is 34.1 Å². The van der Waals surface area contributed by atoms with Crippen LogP contribution < -0.4 is 10.5 Å². The number of fused-ring (bicyclic) bond motifs is 1. The average molecular weight is 387 g/mol. The first-order chi connectivity index (χ1) is 11.5. The van der Waals surface area contributed by atoms with Gasteiger partial charge in [-0.25, -0.2) is 0 Å². The molecule has 0 radical (unpaired) electrons. The molecule has 1 amide bonds. The van der Waals surface area contributed by atoms with Crippen molar-refractivity contribution in [3.63, 3.8) is 0 Å². The maximum absolute atomic E-state index is 10.7. The fraction of sp³-hybridized carbons (Fsp3) is 0.0556. The van der Waals surface area contributed by atoms with Gasteiger partial charge >= 0.3 is 5.97 Å². The Morgan fingerprint density at radius 3 is 2.50 bits per heavy atom. The molecule has 2 N–H and O–H groups in total. The molecule has 0 fully saturated rings. The molecule has 0 bridgehead atoms. The van der Waals surface area contributed by atoms with Crippen molar-refractivity contribution in [3.8, 4) is 5.75 Å². The molecular formula is C18H15BrN2O3. The third kappa shape index (κ3) is 4.89. The van der Waals surface area contributed by atoms with Gasteiger partial charge in [0.05, 0.1) is 5.52 Å². The summed E-state index contributed by atoms with van der Waals surface area (Å²) in [6.45, 7) is 1.29. The van der Waals surface area contributed by atoms with Crippen LogP contribution >= 0.6 is 15.9 Å². The number of pyridine rings is 1. The molecule has 6 heteroatoms. The number of hydrogen-bond acceptors (Lipinski definition) is 4. The number of hydrogen-bond donors (Lipinski definition) is 1. The van der Waals surface area contributed by atoms with Crippen LogP contribution in [0, 0.1) is 0 Å². The summed E-state index contributed by atoms with van der Waals surface area (Å²) in [6.07, 6.45) is 1.80. The molecule has 0 unspecified atom stereocenters. The van der Waals surface area contributed by atoms with Crippen LogP contribution in [0.4, 0.5) is 0 Å². The van der Waals surface area contributed by atoms with Crippen molar-refractivity contribution in [2.24, 2.45) is 5.73 Å². The molecule has 1 aromatic heterocycles. The van der Waals surface area contributed by atoms with Crippen LogP contribution in [-0.4, -0.2) is 16.9 Å². The second-order valence-electron chi connectivity index (χ2n) is 4.80. The number of esters is 1. The molecule has 0 aliphatic heterocycles. The second-order valence-corrected chi connectivity index (χ2v) is 5.65. The van der Waals surface area contributed by atoms with Gasteiger partial charge in [-0.05, 0) is 36.4 Å². The second kappa shape index (κ2) is 8.21. The zero-order valence-electron chi connectivity index (χ0n) is 12.9. The van der Waals surface area contributed by atoms with Crippen LogP contribution in [0.3, 0.4) is 0 Å². The lowest BCUT2D eigenvalue weighted by Gasteiger charge is -2.01. The Morgan fingerprint density at radius 2 is 1.83 bits per heavy atom. The van der Waals surface area contributed by atoms with Gasteiger partial charge in [0.1, 0.15) is 5.75 Å². The van der Waals surface area contributed by atoms with Crippen LogP contribution in [0.2, 0.25) is 0 Å². The molecule has 0 atom stereocenters. The van der Waals surface area contributed by atoms with Crippen LogP contribution in [-0.2, 0) is 4.79 Å². The Bertz CT molecular complexity index is 876. The van der Waals surface area contributed by atoms with Gasteiger partial charge in [-0.2, -0.15) is 0 Å². The van der Waals surface area contributed by atoms with Gasteiger partial charge in [-0.3, -0.25) is 14.6 Å². The maximum atomic E-state index is 10.7. The molecule has 2 aromatic carbocycles. The number of nitrogens with two attached hydrogens (primary N) is 1. The lowest BCUT2D eigenvalue weighted by molar-refractivity contribution is -0.131. The summed E-state index contributed by atoms with van der Waals surface area (Å²) in [5.41, 5.74) is 6.38. The van der Waals surface area contributed by atoms with Crippen LogP contribution in [0.5, 0.6) is 5.75 Å². The standard InChI is InChI=1S/C9H6BrN.C9H9NO3/c10-8-4-1-5-9-7(8)3-2-6-11-9;1-6(11)13-8-4-2-3-7(5-8)9(10)12/h1-6H;2-5H,1H3,(H2,10,12). The number of nitrogens with zero attached hydrogens (tertiary/aromatic N) is 1. The van der Waals surface area contributed by atoms with E-state index >= 15 is 0 Å². The topological polar surface area (TPSA) is 82.3 Å². The molecule has 0 spiro atoms. The van der Waals surface area contributed by atoms with Gasteiger partial charge in [0.15, 0.2) is 0 Å². The number of benzene rings is 2. The van der Waals surface area contributed by atoms with Gasteiger partial charge < -0.3 is 10.5 Å². The van der Waals surface area contributed by atoms with Crippen LogP contribution in [0.15, 0.2) is 65.3 Å². The first kappa shape index (κ1) is 17.6. The quantitative estimate of drug-likeness (QED) is 0.537. The summed E-state index contributed by atoms with van der Waals surface area (Å²) < 4.78 is 5.86. The SMILES string of the molecule is Brc1cccc2ncccc12.CC(=O)Oc1cccc(C(N)=O)c1. The predicted octanol–water partition coefficient (Wildman–Crippen LogP) is 3.71. The Hall–Kier alpha value is -2.73. The lowest BCUT2D eigenvalue weighted by Crippen LogP contribution is -2.11. The van der Waals surface area contributed by atoms with E-state index in [4.69, 9.17) is 10.5 Å². The Balaban J connectivity index is 0.000000175. The number of halogens is 1. The Morgan fingerprint density at radius 1 is 1.08 bits per heavy atom. The van der Waals surface area contributed by atoms with E-state index in [0.29, 0.717) is 11.3 Å². The van der Waals surface area contributed by atoms with Crippen molar-refractivity contribution < 1.29 is 14.3 Å². The van der Waals surface area contributed by atoms with Gasteiger partial charge in [0.25, 0.3) is 0 Å². The molecule has 3 aromatic rings. The molecule has 5 nitrogen and oxygen atoms in total. The highest BCUT2D eigenvalue weighted by Gasteiger charge is 2.03. The number of primary amides is 1. The highest BCUT2D eigenvalue weighted by atomic mass is 79.9. The van der Waals surface area contributed by atoms with E-state index in [0.717, 1.165) is 15.4 Å². The van der Waals surface area contributed by atoms with E-state index in [9.17, 15) is 9.59 Å². The largest absolute Gasteiger partial charge is 0.427 e. The van der Waals surface area contributed by atoms with E-state index in [-0.39, 0.29) is 0 Å². The average Bonchev–Trinajstić information content (AvgIpc) is 2.56. The molecule has 1 heterocycles. The highest BCUT2D eigenvalue weighted by molar-refractivity contribution is 9.10. The fourth-order valence-electron chi connectivity index (χ4n) is 1.94. The van der Waals surface area contributed by atoms with Crippen molar-refractivity contribution in [3.05, 3.63) is 70.8 Å². The minimum atomic E-state index is -0.547. The van der Waals surface area contributed by atoms with Crippen LogP contribution in [0.1, 0.15) is 17.3 Å². The molecule has 122 valence electrons. The number of ether oxygens (including phenoxy) is 1. The van der Waals surface area contributed by atoms with Crippen molar-refractivity contribution in [1.29, 1.82) is 0 Å². The van der Waals surface area contributed by atoms with Crippen molar-refractivity contribution in [2.45, 2.75) is 6.92 Å². The summed E-state index contributed by atoms with van der Waals surface area (Å²) in [5.74, 6) is -0.653. The monoisotopic (exact) mass is 386 g/mol. The summed E-state index contributed by atoms with van der Waals surface area (Å²) >= 11 is 3.46. The molecule has 0 saturated heterocycles. The summed E-state index contributed by atoms with van der Waals surface area (Å²) in [7, 11) is 0. The predicted molar refractivity (Wildman–Crippen MR) is 95.7 cm³/mol. The van der Waals surface area contributed by atoms with Crippen molar-refractivity contribution in [2.75, 3.05) is 0 Å². The number of rotatable bonds is 2. The van der Waals surface area contributed by atoms with E-state index in [1.165, 1.54) is 13.0 Å². The van der Waals surface area contributed by atoms with Crippen LogP contribution in [0.25, 0.3) is 10.9 Å². The smallest absolute Gasteiger partial charge is 0.308 e. The minimum absolute atomic E-state index is 0.318. The minimum Gasteiger partial charge on any atom is -0.427 e. The van der Waals surface area contributed by atoms with Crippen molar-refractivity contribution >= 4 is 38.7 Å². The number of aromatic nitrogens is 1. The third-order valence-corrected chi connectivity index (χ3v) is 3.66. The van der Waals surface area contributed by atoms with E-state index in [1.807, 2.05) is 30.3 Å². The molecule has 0 aliphatic carbocycles. The van der Waals surface area contributed by atoms with E-state index in [2.05, 4.69) is 20.9 Å². The fourth-order valence-corrected chi connectivity index (χ4v) is 2.43. The van der Waals surface area contributed by atoms with Gasteiger partial charge in [0, 0.05) is 28.5 Å². The van der Waals surface area contributed by atoms with Gasteiger partial charge in [-0.15, -0.1) is 0 Å². The summed E-state index contributed by atoms with van der Waals surface area (Å²) in [6, 6.07) is 16.1. The Labute approximate surface area is 147 Å². The normalized spacial score (nSPS) is 9.75. The third-order valence-electron chi connectivity index (χ3n) is 2.97. The van der Waals surface area contributed by atoms with Crippen molar-refractivity contribution in [1.82, 2.24) is 4.98 Å². The molecule has 0 aliphatic rings. The maximum Gasteiger partial charge on any atom is 0.308 e. The van der Waals surface area contributed by atoms with E-state index in [1.54, 1.807) is 24.4 Å². The molecular weight excluding hydrogens is 372 g/mol. The number of carbonyl (C=O) groups is 2.